The first kappa shape index (κ1) is 17.6. The Morgan fingerprint density at radius 3 is 2.20 bits per heavy atom. The highest BCUT2D eigenvalue weighted by Gasteiger charge is 2.28. The average molecular weight is 342 g/mol. The van der Waals surface area contributed by atoms with E-state index in [-0.39, 0.29) is 6.04 Å². The maximum Gasteiger partial charge on any atom is 0.161 e. The second-order valence-electron chi connectivity index (χ2n) is 6.62. The van der Waals surface area contributed by atoms with Crippen LogP contribution in [0.1, 0.15) is 47.7 Å². The van der Waals surface area contributed by atoms with E-state index in [1.807, 2.05) is 27.7 Å². The fourth-order valence-corrected chi connectivity index (χ4v) is 3.68. The van der Waals surface area contributed by atoms with Gasteiger partial charge in [-0.05, 0) is 68.7 Å². The Bertz CT molecular complexity index is 747. The lowest BCUT2D eigenvalue weighted by atomic mass is 9.88. The molecular formula is C21H28NO3+. The summed E-state index contributed by atoms with van der Waals surface area (Å²) in [6, 6.07) is 8.69. The topological polar surface area (TPSA) is 55.3 Å². The van der Waals surface area contributed by atoms with Crippen molar-refractivity contribution in [2.45, 2.75) is 40.2 Å². The molecule has 0 amide bonds. The smallest absolute Gasteiger partial charge is 0.161 e. The van der Waals surface area contributed by atoms with Crippen molar-refractivity contribution in [3.05, 3.63) is 52.1 Å². The molecule has 0 unspecified atom stereocenters. The summed E-state index contributed by atoms with van der Waals surface area (Å²) in [6.07, 6.45) is 1.02. The van der Waals surface area contributed by atoms with Crippen LogP contribution in [0.5, 0.6) is 17.2 Å². The Labute approximate surface area is 149 Å². The molecule has 4 nitrogen and oxygen atoms in total. The number of aromatic hydroxyl groups is 1. The van der Waals surface area contributed by atoms with Gasteiger partial charge in [-0.1, -0.05) is 0 Å². The molecular weight excluding hydrogens is 314 g/mol. The minimum atomic E-state index is 0.219. The number of fused-ring (bicyclic) bond motifs is 1. The van der Waals surface area contributed by atoms with Gasteiger partial charge in [-0.2, -0.15) is 0 Å². The maximum atomic E-state index is 10.1. The van der Waals surface area contributed by atoms with Gasteiger partial charge in [-0.15, -0.1) is 0 Å². The maximum absolute atomic E-state index is 10.1. The number of nitrogens with two attached hydrogens (primary N) is 1. The molecule has 2 aromatic carbocycles. The Kier molecular flexibility index (Phi) is 5.19. The Hall–Kier alpha value is -2.20. The third-order valence-electron chi connectivity index (χ3n) is 4.83. The Morgan fingerprint density at radius 2 is 1.60 bits per heavy atom. The zero-order chi connectivity index (χ0) is 18.0. The van der Waals surface area contributed by atoms with E-state index in [1.165, 1.54) is 16.7 Å². The first-order valence-corrected chi connectivity index (χ1v) is 9.11. The van der Waals surface area contributed by atoms with Crippen molar-refractivity contribution in [2.75, 3.05) is 19.8 Å². The zero-order valence-electron chi connectivity index (χ0n) is 15.6. The number of benzene rings is 2. The predicted octanol–water partition coefficient (Wildman–Crippen LogP) is 3.02. The monoisotopic (exact) mass is 342 g/mol. The van der Waals surface area contributed by atoms with Gasteiger partial charge < -0.3 is 19.9 Å². The van der Waals surface area contributed by atoms with Crippen LogP contribution >= 0.6 is 0 Å². The van der Waals surface area contributed by atoms with E-state index in [4.69, 9.17) is 9.47 Å². The van der Waals surface area contributed by atoms with Crippen molar-refractivity contribution in [1.29, 1.82) is 0 Å². The largest absolute Gasteiger partial charge is 0.507 e. The number of aryl methyl sites for hydroxylation is 2. The highest BCUT2D eigenvalue weighted by Crippen LogP contribution is 2.37. The van der Waals surface area contributed by atoms with Crippen LogP contribution in [0.4, 0.5) is 0 Å². The normalized spacial score (nSPS) is 16.4. The standard InChI is InChI=1S/C21H27NO3/c1-5-24-18-11-15-7-8-22-20(17(15)12-19(18)25-6-2)16-9-13(3)21(23)14(4)10-16/h9-12,20,22-23H,5-8H2,1-4H3/p+1/t20-/m1/s1. The van der Waals surface area contributed by atoms with Gasteiger partial charge in [0.2, 0.25) is 0 Å². The summed E-state index contributed by atoms with van der Waals surface area (Å²) in [6.45, 7) is 10.2. The molecule has 0 spiro atoms. The van der Waals surface area contributed by atoms with E-state index < -0.39 is 0 Å². The van der Waals surface area contributed by atoms with Crippen LogP contribution in [0.3, 0.4) is 0 Å². The lowest BCUT2D eigenvalue weighted by Gasteiger charge is -2.26. The average Bonchev–Trinajstić information content (AvgIpc) is 2.59. The molecule has 0 radical (unpaired) electrons. The van der Waals surface area contributed by atoms with Gasteiger partial charge in [-0.25, -0.2) is 0 Å². The van der Waals surface area contributed by atoms with Crippen LogP contribution in [0.2, 0.25) is 0 Å². The number of hydrogen-bond donors (Lipinski definition) is 2. The summed E-state index contributed by atoms with van der Waals surface area (Å²) in [5.74, 6) is 2.04. The Balaban J connectivity index is 2.08. The lowest BCUT2D eigenvalue weighted by molar-refractivity contribution is -0.690. The molecule has 134 valence electrons. The van der Waals surface area contributed by atoms with Crippen molar-refractivity contribution < 1.29 is 19.9 Å². The van der Waals surface area contributed by atoms with Gasteiger partial charge >= 0.3 is 0 Å². The van der Waals surface area contributed by atoms with Crippen LogP contribution < -0.4 is 14.8 Å². The van der Waals surface area contributed by atoms with E-state index in [0.29, 0.717) is 19.0 Å². The van der Waals surface area contributed by atoms with Gasteiger partial charge in [0.25, 0.3) is 0 Å². The molecule has 0 aliphatic carbocycles. The van der Waals surface area contributed by atoms with Gasteiger partial charge in [-0.3, -0.25) is 0 Å². The number of quaternary nitrogens is 1. The summed E-state index contributed by atoms with van der Waals surface area (Å²) < 4.78 is 11.6. The minimum Gasteiger partial charge on any atom is -0.507 e. The molecule has 0 aromatic heterocycles. The summed E-state index contributed by atoms with van der Waals surface area (Å²) in [4.78, 5) is 0. The molecule has 3 N–H and O–H groups in total. The van der Waals surface area contributed by atoms with Crippen LogP contribution in [0, 0.1) is 13.8 Å². The van der Waals surface area contributed by atoms with Crippen LogP contribution in [0.15, 0.2) is 24.3 Å². The van der Waals surface area contributed by atoms with Crippen LogP contribution in [0.25, 0.3) is 0 Å². The molecule has 0 fully saturated rings. The molecule has 4 heteroatoms. The van der Waals surface area contributed by atoms with E-state index in [1.54, 1.807) is 0 Å². The summed E-state index contributed by atoms with van der Waals surface area (Å²) in [5.41, 5.74) is 5.67. The van der Waals surface area contributed by atoms with E-state index >= 15 is 0 Å². The molecule has 25 heavy (non-hydrogen) atoms. The predicted molar refractivity (Wildman–Crippen MR) is 98.7 cm³/mol. The highest BCUT2D eigenvalue weighted by molar-refractivity contribution is 5.52. The van der Waals surface area contributed by atoms with Crippen molar-refractivity contribution in [2.24, 2.45) is 0 Å². The quantitative estimate of drug-likeness (QED) is 0.878. The van der Waals surface area contributed by atoms with E-state index in [9.17, 15) is 5.11 Å². The van der Waals surface area contributed by atoms with Crippen molar-refractivity contribution in [3.63, 3.8) is 0 Å². The molecule has 0 saturated carbocycles. The van der Waals surface area contributed by atoms with E-state index in [0.717, 1.165) is 35.6 Å². The summed E-state index contributed by atoms with van der Waals surface area (Å²) >= 11 is 0. The number of phenols is 1. The minimum absolute atomic E-state index is 0.219. The van der Waals surface area contributed by atoms with Crippen LogP contribution in [-0.2, 0) is 6.42 Å². The summed E-state index contributed by atoms with van der Waals surface area (Å²) in [7, 11) is 0. The lowest BCUT2D eigenvalue weighted by Crippen LogP contribution is -2.87. The third-order valence-corrected chi connectivity index (χ3v) is 4.83. The van der Waals surface area contributed by atoms with Crippen molar-refractivity contribution >= 4 is 0 Å². The molecule has 1 atom stereocenters. The second kappa shape index (κ2) is 7.36. The van der Waals surface area contributed by atoms with Crippen molar-refractivity contribution in [1.82, 2.24) is 0 Å². The van der Waals surface area contributed by atoms with Gasteiger partial charge in [0, 0.05) is 17.5 Å². The Morgan fingerprint density at radius 1 is 1.00 bits per heavy atom. The molecule has 1 heterocycles. The SMILES string of the molecule is CCOc1cc2c(cc1OCC)[C@@H](c1cc(C)c(O)c(C)c1)[NH2+]CC2. The first-order chi connectivity index (χ1) is 12.0. The van der Waals surface area contributed by atoms with E-state index in [2.05, 4.69) is 29.6 Å². The third kappa shape index (κ3) is 3.45. The zero-order valence-corrected chi connectivity index (χ0v) is 15.6. The number of hydrogen-bond acceptors (Lipinski definition) is 3. The number of phenolic OH excluding ortho intramolecular Hbond substituents is 1. The second-order valence-corrected chi connectivity index (χ2v) is 6.62. The van der Waals surface area contributed by atoms with Gasteiger partial charge in [0.1, 0.15) is 11.8 Å². The molecule has 1 aliphatic heterocycles. The highest BCUT2D eigenvalue weighted by atomic mass is 16.5. The molecule has 2 aromatic rings. The molecule has 0 saturated heterocycles. The molecule has 0 bridgehead atoms. The van der Waals surface area contributed by atoms with Gasteiger partial charge in [0.15, 0.2) is 11.5 Å². The number of ether oxygens (including phenoxy) is 2. The fraction of sp³-hybridized carbons (Fsp3) is 0.429. The first-order valence-electron chi connectivity index (χ1n) is 9.11. The molecule has 1 aliphatic rings. The van der Waals surface area contributed by atoms with Gasteiger partial charge in [0.05, 0.1) is 19.8 Å². The summed E-state index contributed by atoms with van der Waals surface area (Å²) in [5, 5.41) is 12.5. The molecule has 3 rings (SSSR count). The fourth-order valence-electron chi connectivity index (χ4n) is 3.68. The van der Waals surface area contributed by atoms with Crippen LogP contribution in [-0.4, -0.2) is 24.9 Å². The van der Waals surface area contributed by atoms with Crippen molar-refractivity contribution in [3.8, 4) is 17.2 Å². The number of rotatable bonds is 5.